The van der Waals surface area contributed by atoms with Crippen LogP contribution < -0.4 is 4.72 Å². The molecule has 0 fully saturated rings. The van der Waals surface area contributed by atoms with Crippen molar-refractivity contribution in [2.75, 3.05) is 4.72 Å². The van der Waals surface area contributed by atoms with E-state index in [-0.39, 0.29) is 0 Å². The van der Waals surface area contributed by atoms with Crippen LogP contribution in [0.15, 0.2) is 59.8 Å². The zero-order chi connectivity index (χ0) is 20.8. The standard InChI is InChI=1S/C22H22N4O2S/c1-14-11-15(2)21(16(3)12-14)29(27,28)25-19-7-5-18(6-8-19)20-13-26-10-9-17(4)23-22(26)24-20/h5-13,25H,1-4H3. The summed E-state index contributed by atoms with van der Waals surface area (Å²) in [6.45, 7) is 7.51. The Morgan fingerprint density at radius 1 is 0.897 bits per heavy atom. The van der Waals surface area contributed by atoms with E-state index in [1.54, 1.807) is 12.1 Å². The molecule has 4 aromatic rings. The fourth-order valence-corrected chi connectivity index (χ4v) is 5.12. The highest BCUT2D eigenvalue weighted by molar-refractivity contribution is 7.92. The Morgan fingerprint density at radius 2 is 1.55 bits per heavy atom. The van der Waals surface area contributed by atoms with E-state index in [2.05, 4.69) is 14.7 Å². The third kappa shape index (κ3) is 3.73. The molecule has 2 aromatic heterocycles. The number of fused-ring (bicyclic) bond motifs is 1. The van der Waals surface area contributed by atoms with E-state index in [9.17, 15) is 8.42 Å². The van der Waals surface area contributed by atoms with Crippen molar-refractivity contribution in [2.24, 2.45) is 0 Å². The normalized spacial score (nSPS) is 11.7. The van der Waals surface area contributed by atoms with E-state index >= 15 is 0 Å². The maximum absolute atomic E-state index is 12.9. The molecule has 7 heteroatoms. The molecule has 1 N–H and O–H groups in total. The van der Waals surface area contributed by atoms with Gasteiger partial charge in [0.25, 0.3) is 10.0 Å². The molecule has 148 valence electrons. The predicted octanol–water partition coefficient (Wildman–Crippen LogP) is 4.43. The molecule has 0 aliphatic rings. The Labute approximate surface area is 170 Å². The number of benzene rings is 2. The SMILES string of the molecule is Cc1cc(C)c(S(=O)(=O)Nc2ccc(-c3cn4ccc(C)nc4n3)cc2)c(C)c1. The molecule has 0 saturated heterocycles. The van der Waals surface area contributed by atoms with Crippen LogP contribution in [0.1, 0.15) is 22.4 Å². The molecular formula is C22H22N4O2S. The number of hydrogen-bond donors (Lipinski definition) is 1. The molecule has 0 saturated carbocycles. The summed E-state index contributed by atoms with van der Waals surface area (Å²) in [5.74, 6) is 0.634. The van der Waals surface area contributed by atoms with Crippen LogP contribution in [-0.4, -0.2) is 22.8 Å². The zero-order valence-corrected chi connectivity index (χ0v) is 17.6. The zero-order valence-electron chi connectivity index (χ0n) is 16.8. The highest BCUT2D eigenvalue weighted by Crippen LogP contribution is 2.26. The molecule has 2 heterocycles. The van der Waals surface area contributed by atoms with Crippen LogP contribution in [-0.2, 0) is 10.0 Å². The predicted molar refractivity (Wildman–Crippen MR) is 115 cm³/mol. The third-order valence-electron chi connectivity index (χ3n) is 4.77. The molecule has 0 aliphatic carbocycles. The van der Waals surface area contributed by atoms with E-state index < -0.39 is 10.0 Å². The Bertz CT molecular complexity index is 1300. The van der Waals surface area contributed by atoms with Crippen LogP contribution in [0.25, 0.3) is 17.0 Å². The van der Waals surface area contributed by atoms with Gasteiger partial charge in [0.15, 0.2) is 0 Å². The highest BCUT2D eigenvalue weighted by Gasteiger charge is 2.20. The highest BCUT2D eigenvalue weighted by atomic mass is 32.2. The molecule has 0 spiro atoms. The number of nitrogens with zero attached hydrogens (tertiary/aromatic N) is 3. The maximum Gasteiger partial charge on any atom is 0.262 e. The average molecular weight is 407 g/mol. The lowest BCUT2D eigenvalue weighted by Gasteiger charge is -2.14. The summed E-state index contributed by atoms with van der Waals surface area (Å²) in [5, 5.41) is 0. The number of hydrogen-bond acceptors (Lipinski definition) is 4. The van der Waals surface area contributed by atoms with E-state index in [0.717, 1.165) is 33.6 Å². The Hall–Kier alpha value is -3.19. The van der Waals surface area contributed by atoms with Gasteiger partial charge < -0.3 is 0 Å². The van der Waals surface area contributed by atoms with Crippen LogP contribution in [0.5, 0.6) is 0 Å². The summed E-state index contributed by atoms with van der Waals surface area (Å²) in [5.41, 5.74) is 5.59. The minimum Gasteiger partial charge on any atom is -0.291 e. The number of anilines is 1. The van der Waals surface area contributed by atoms with Crippen LogP contribution in [0.2, 0.25) is 0 Å². The molecule has 0 aliphatic heterocycles. The van der Waals surface area contributed by atoms with Gasteiger partial charge in [-0.2, -0.15) is 0 Å². The van der Waals surface area contributed by atoms with Gasteiger partial charge in [-0.15, -0.1) is 0 Å². The first-order valence-electron chi connectivity index (χ1n) is 9.26. The van der Waals surface area contributed by atoms with Gasteiger partial charge in [0.05, 0.1) is 10.6 Å². The molecule has 0 atom stereocenters. The van der Waals surface area contributed by atoms with Crippen molar-refractivity contribution in [3.63, 3.8) is 0 Å². The van der Waals surface area contributed by atoms with Gasteiger partial charge >= 0.3 is 0 Å². The maximum atomic E-state index is 12.9. The lowest BCUT2D eigenvalue weighted by atomic mass is 10.1. The van der Waals surface area contributed by atoms with Crippen molar-refractivity contribution < 1.29 is 8.42 Å². The lowest BCUT2D eigenvalue weighted by molar-refractivity contribution is 0.600. The molecule has 0 radical (unpaired) electrons. The van der Waals surface area contributed by atoms with Gasteiger partial charge in [-0.3, -0.25) is 9.12 Å². The first-order chi connectivity index (χ1) is 13.7. The number of rotatable bonds is 4. The monoisotopic (exact) mass is 406 g/mol. The first-order valence-corrected chi connectivity index (χ1v) is 10.7. The van der Waals surface area contributed by atoms with Crippen LogP contribution in [0.4, 0.5) is 5.69 Å². The van der Waals surface area contributed by atoms with Gasteiger partial charge in [-0.1, -0.05) is 29.8 Å². The minimum absolute atomic E-state index is 0.328. The van der Waals surface area contributed by atoms with Crippen molar-refractivity contribution in [1.29, 1.82) is 0 Å². The fourth-order valence-electron chi connectivity index (χ4n) is 3.60. The summed E-state index contributed by atoms with van der Waals surface area (Å²) in [6, 6.07) is 12.9. The van der Waals surface area contributed by atoms with Crippen molar-refractivity contribution in [2.45, 2.75) is 32.6 Å². The topological polar surface area (TPSA) is 76.4 Å². The van der Waals surface area contributed by atoms with E-state index in [1.807, 2.05) is 74.8 Å². The van der Waals surface area contributed by atoms with Crippen LogP contribution in [0.3, 0.4) is 0 Å². The number of nitrogens with one attached hydrogen (secondary N) is 1. The molecule has 0 unspecified atom stereocenters. The molecule has 0 amide bonds. The number of sulfonamides is 1. The Kier molecular flexibility index (Phi) is 4.62. The molecular weight excluding hydrogens is 384 g/mol. The van der Waals surface area contributed by atoms with Gasteiger partial charge in [0.2, 0.25) is 5.78 Å². The smallest absolute Gasteiger partial charge is 0.262 e. The molecule has 29 heavy (non-hydrogen) atoms. The third-order valence-corrected chi connectivity index (χ3v) is 6.46. The molecule has 4 rings (SSSR count). The van der Waals surface area contributed by atoms with Crippen molar-refractivity contribution in [3.05, 3.63) is 77.2 Å². The second kappa shape index (κ2) is 7.00. The summed E-state index contributed by atoms with van der Waals surface area (Å²) in [6.07, 6.45) is 3.82. The van der Waals surface area contributed by atoms with Crippen molar-refractivity contribution in [1.82, 2.24) is 14.4 Å². The second-order valence-corrected chi connectivity index (χ2v) is 8.93. The van der Waals surface area contributed by atoms with Gasteiger partial charge in [0, 0.05) is 29.3 Å². The van der Waals surface area contributed by atoms with Gasteiger partial charge in [-0.25, -0.2) is 18.4 Å². The first kappa shape index (κ1) is 19.1. The van der Waals surface area contributed by atoms with Gasteiger partial charge in [0.1, 0.15) is 0 Å². The summed E-state index contributed by atoms with van der Waals surface area (Å²) in [4.78, 5) is 9.27. The number of imidazole rings is 1. The lowest BCUT2D eigenvalue weighted by Crippen LogP contribution is -2.15. The van der Waals surface area contributed by atoms with Crippen molar-refractivity contribution >= 4 is 21.5 Å². The summed E-state index contributed by atoms with van der Waals surface area (Å²) < 4.78 is 30.4. The molecule has 2 aromatic carbocycles. The second-order valence-electron chi connectivity index (χ2n) is 7.31. The Morgan fingerprint density at radius 3 is 2.21 bits per heavy atom. The van der Waals surface area contributed by atoms with E-state index in [1.165, 1.54) is 0 Å². The summed E-state index contributed by atoms with van der Waals surface area (Å²) in [7, 11) is -3.67. The van der Waals surface area contributed by atoms with E-state index in [4.69, 9.17) is 0 Å². The molecule has 6 nitrogen and oxygen atoms in total. The van der Waals surface area contributed by atoms with Gasteiger partial charge in [-0.05, 0) is 57.0 Å². The fraction of sp³-hybridized carbons (Fsp3) is 0.182. The molecule has 0 bridgehead atoms. The largest absolute Gasteiger partial charge is 0.291 e. The van der Waals surface area contributed by atoms with E-state index in [0.29, 0.717) is 16.4 Å². The quantitative estimate of drug-likeness (QED) is 0.544. The number of aryl methyl sites for hydroxylation is 4. The average Bonchev–Trinajstić information content (AvgIpc) is 3.03. The number of aromatic nitrogens is 3. The summed E-state index contributed by atoms with van der Waals surface area (Å²) >= 11 is 0. The minimum atomic E-state index is -3.67. The van der Waals surface area contributed by atoms with Crippen molar-refractivity contribution in [3.8, 4) is 11.3 Å². The Balaban J connectivity index is 1.62. The van der Waals surface area contributed by atoms with Crippen LogP contribution >= 0.6 is 0 Å². The van der Waals surface area contributed by atoms with Crippen LogP contribution in [0, 0.1) is 27.7 Å².